The number of terminal acetylenes is 1. The summed E-state index contributed by atoms with van der Waals surface area (Å²) >= 11 is 0. The van der Waals surface area contributed by atoms with Gasteiger partial charge in [-0.15, -0.1) is 6.42 Å². The van der Waals surface area contributed by atoms with Crippen molar-refractivity contribution in [3.8, 4) is 18.1 Å². The Hall–Kier alpha value is -1.42. The van der Waals surface area contributed by atoms with E-state index in [1.165, 1.54) is 0 Å². The molecular weight excluding hydrogens is 136 g/mol. The molecule has 0 fully saturated rings. The number of hydrogen-bond acceptors (Lipinski definition) is 1. The highest BCUT2D eigenvalue weighted by Gasteiger charge is 1.99. The fourth-order valence-corrected chi connectivity index (χ4v) is 0.992. The van der Waals surface area contributed by atoms with E-state index in [1.54, 1.807) is 7.11 Å². The molecule has 11 heavy (non-hydrogen) atoms. The van der Waals surface area contributed by atoms with Crippen LogP contribution in [0.1, 0.15) is 11.1 Å². The Bertz CT molecular complexity index is 294. The van der Waals surface area contributed by atoms with Crippen molar-refractivity contribution in [3.05, 3.63) is 29.3 Å². The fraction of sp³-hybridized carbons (Fsp3) is 0.200. The predicted molar refractivity (Wildman–Crippen MR) is 45.7 cm³/mol. The first-order chi connectivity index (χ1) is 5.29. The topological polar surface area (TPSA) is 9.23 Å². The van der Waals surface area contributed by atoms with Gasteiger partial charge in [0.25, 0.3) is 0 Å². The van der Waals surface area contributed by atoms with Crippen LogP contribution in [0.15, 0.2) is 18.2 Å². The second kappa shape index (κ2) is 3.12. The van der Waals surface area contributed by atoms with Gasteiger partial charge in [-0.3, -0.25) is 0 Å². The molecule has 1 nitrogen and oxygen atoms in total. The molecule has 0 spiro atoms. The molecule has 0 atom stereocenters. The first-order valence-electron chi connectivity index (χ1n) is 3.40. The largest absolute Gasteiger partial charge is 0.496 e. The Kier molecular flexibility index (Phi) is 2.18. The summed E-state index contributed by atoms with van der Waals surface area (Å²) in [6.45, 7) is 1.95. The third-order valence-corrected chi connectivity index (χ3v) is 1.66. The summed E-state index contributed by atoms with van der Waals surface area (Å²) in [5, 5.41) is 0. The Morgan fingerprint density at radius 1 is 1.45 bits per heavy atom. The normalized spacial score (nSPS) is 8.82. The summed E-state index contributed by atoms with van der Waals surface area (Å²) in [6, 6.07) is 5.69. The molecule has 0 saturated carbocycles. The molecule has 1 rings (SSSR count). The van der Waals surface area contributed by atoms with Crippen LogP contribution >= 0.6 is 0 Å². The SMILES string of the molecule is C#Cc1cccc(OC)c1C. The van der Waals surface area contributed by atoms with Gasteiger partial charge in [-0.2, -0.15) is 0 Å². The van der Waals surface area contributed by atoms with E-state index in [1.807, 2.05) is 25.1 Å². The zero-order valence-corrected chi connectivity index (χ0v) is 6.72. The average molecular weight is 146 g/mol. The number of ether oxygens (including phenoxy) is 1. The standard InChI is InChI=1S/C10H10O/c1-4-9-6-5-7-10(11-3)8(9)2/h1,5-7H,2-3H3. The van der Waals surface area contributed by atoms with Gasteiger partial charge in [0, 0.05) is 11.1 Å². The van der Waals surface area contributed by atoms with E-state index in [-0.39, 0.29) is 0 Å². The van der Waals surface area contributed by atoms with Crippen molar-refractivity contribution in [1.29, 1.82) is 0 Å². The van der Waals surface area contributed by atoms with Crippen molar-refractivity contribution >= 4 is 0 Å². The monoisotopic (exact) mass is 146 g/mol. The zero-order valence-electron chi connectivity index (χ0n) is 6.72. The highest BCUT2D eigenvalue weighted by atomic mass is 16.5. The van der Waals surface area contributed by atoms with Gasteiger partial charge in [0.15, 0.2) is 0 Å². The van der Waals surface area contributed by atoms with Gasteiger partial charge in [-0.05, 0) is 19.1 Å². The molecule has 0 unspecified atom stereocenters. The van der Waals surface area contributed by atoms with Crippen molar-refractivity contribution in [2.45, 2.75) is 6.92 Å². The Labute approximate surface area is 67.0 Å². The molecule has 1 aromatic rings. The van der Waals surface area contributed by atoms with Crippen LogP contribution in [0.25, 0.3) is 0 Å². The number of benzene rings is 1. The number of hydrogen-bond donors (Lipinski definition) is 0. The maximum absolute atomic E-state index is 5.27. The Morgan fingerprint density at radius 2 is 2.18 bits per heavy atom. The molecule has 0 amide bonds. The van der Waals surface area contributed by atoms with E-state index >= 15 is 0 Å². The summed E-state index contributed by atoms with van der Waals surface area (Å²) in [5.74, 6) is 3.44. The molecule has 0 radical (unpaired) electrons. The van der Waals surface area contributed by atoms with Crippen LogP contribution in [0.5, 0.6) is 5.75 Å². The van der Waals surface area contributed by atoms with Crippen LogP contribution in [0, 0.1) is 19.3 Å². The second-order valence-electron chi connectivity index (χ2n) is 2.28. The molecule has 0 aliphatic rings. The molecule has 1 aromatic carbocycles. The van der Waals surface area contributed by atoms with E-state index in [4.69, 9.17) is 11.2 Å². The molecule has 0 aliphatic carbocycles. The lowest BCUT2D eigenvalue weighted by Gasteiger charge is -2.04. The Balaban J connectivity index is 3.23. The van der Waals surface area contributed by atoms with Crippen molar-refractivity contribution in [2.75, 3.05) is 7.11 Å². The van der Waals surface area contributed by atoms with Crippen LogP contribution in [-0.4, -0.2) is 7.11 Å². The molecule has 0 saturated heterocycles. The van der Waals surface area contributed by atoms with Gasteiger partial charge >= 0.3 is 0 Å². The lowest BCUT2D eigenvalue weighted by molar-refractivity contribution is 0.411. The van der Waals surface area contributed by atoms with Crippen molar-refractivity contribution < 1.29 is 4.74 Å². The summed E-state index contributed by atoms with van der Waals surface area (Å²) < 4.78 is 5.09. The van der Waals surface area contributed by atoms with Gasteiger partial charge in [0.1, 0.15) is 5.75 Å². The van der Waals surface area contributed by atoms with Crippen LogP contribution in [-0.2, 0) is 0 Å². The van der Waals surface area contributed by atoms with E-state index in [0.717, 1.165) is 16.9 Å². The van der Waals surface area contributed by atoms with Gasteiger partial charge in [0.05, 0.1) is 7.11 Å². The minimum absolute atomic E-state index is 0.848. The lowest BCUT2D eigenvalue weighted by Crippen LogP contribution is -1.89. The Morgan fingerprint density at radius 3 is 2.73 bits per heavy atom. The van der Waals surface area contributed by atoms with Gasteiger partial charge in [-0.1, -0.05) is 12.0 Å². The minimum Gasteiger partial charge on any atom is -0.496 e. The number of methoxy groups -OCH3 is 1. The summed E-state index contributed by atoms with van der Waals surface area (Å²) in [7, 11) is 1.64. The van der Waals surface area contributed by atoms with E-state index < -0.39 is 0 Å². The fourth-order valence-electron chi connectivity index (χ4n) is 0.992. The lowest BCUT2D eigenvalue weighted by atomic mass is 10.1. The van der Waals surface area contributed by atoms with Crippen LogP contribution in [0.4, 0.5) is 0 Å². The molecule has 56 valence electrons. The van der Waals surface area contributed by atoms with E-state index in [0.29, 0.717) is 0 Å². The van der Waals surface area contributed by atoms with Crippen molar-refractivity contribution in [1.82, 2.24) is 0 Å². The quantitative estimate of drug-likeness (QED) is 0.550. The minimum atomic E-state index is 0.848. The van der Waals surface area contributed by atoms with Gasteiger partial charge in [-0.25, -0.2) is 0 Å². The highest BCUT2D eigenvalue weighted by molar-refractivity contribution is 5.46. The average Bonchev–Trinajstić information content (AvgIpc) is 2.05. The van der Waals surface area contributed by atoms with Crippen molar-refractivity contribution in [2.24, 2.45) is 0 Å². The van der Waals surface area contributed by atoms with Crippen LogP contribution in [0.2, 0.25) is 0 Å². The molecule has 0 N–H and O–H groups in total. The van der Waals surface area contributed by atoms with Gasteiger partial charge < -0.3 is 4.74 Å². The molecule has 0 heterocycles. The van der Waals surface area contributed by atoms with E-state index in [9.17, 15) is 0 Å². The molecule has 0 bridgehead atoms. The van der Waals surface area contributed by atoms with E-state index in [2.05, 4.69) is 5.92 Å². The van der Waals surface area contributed by atoms with Crippen LogP contribution in [0.3, 0.4) is 0 Å². The maximum Gasteiger partial charge on any atom is 0.123 e. The summed E-state index contributed by atoms with van der Waals surface area (Å²) in [6.07, 6.45) is 5.27. The summed E-state index contributed by atoms with van der Waals surface area (Å²) in [4.78, 5) is 0. The highest BCUT2D eigenvalue weighted by Crippen LogP contribution is 2.19. The van der Waals surface area contributed by atoms with Crippen molar-refractivity contribution in [3.63, 3.8) is 0 Å². The smallest absolute Gasteiger partial charge is 0.123 e. The second-order valence-corrected chi connectivity index (χ2v) is 2.28. The summed E-state index contributed by atoms with van der Waals surface area (Å²) in [5.41, 5.74) is 1.92. The molecular formula is C10H10O. The third kappa shape index (κ3) is 1.35. The molecule has 0 aliphatic heterocycles. The first kappa shape index (κ1) is 7.68. The zero-order chi connectivity index (χ0) is 8.27. The third-order valence-electron chi connectivity index (χ3n) is 1.66. The van der Waals surface area contributed by atoms with Crippen LogP contribution < -0.4 is 4.74 Å². The first-order valence-corrected chi connectivity index (χ1v) is 3.40. The maximum atomic E-state index is 5.27. The number of rotatable bonds is 1. The predicted octanol–water partition coefficient (Wildman–Crippen LogP) is 1.98. The molecule has 0 aromatic heterocycles. The molecule has 1 heteroatoms. The van der Waals surface area contributed by atoms with Gasteiger partial charge in [0.2, 0.25) is 0 Å².